The molecule has 0 aliphatic carbocycles. The van der Waals surface area contributed by atoms with Crippen molar-refractivity contribution in [1.29, 1.82) is 0 Å². The number of aromatic nitrogens is 2. The van der Waals surface area contributed by atoms with Crippen LogP contribution < -0.4 is 5.32 Å². The van der Waals surface area contributed by atoms with E-state index in [1.54, 1.807) is 0 Å². The number of carbonyl (C=O) groups is 1. The zero-order valence-corrected chi connectivity index (χ0v) is 21.0. The number of benzene rings is 2. The molecule has 1 amide bonds. The molecule has 2 aliphatic heterocycles. The van der Waals surface area contributed by atoms with E-state index in [1.165, 1.54) is 11.1 Å². The Bertz CT molecular complexity index is 1150. The zero-order chi connectivity index (χ0) is 24.7. The normalized spacial score (nSPS) is 17.8. The highest BCUT2D eigenvalue weighted by Crippen LogP contribution is 2.23. The summed E-state index contributed by atoms with van der Waals surface area (Å²) in [5, 5.41) is 7.36. The van der Waals surface area contributed by atoms with E-state index in [0.717, 1.165) is 69.9 Å². The lowest BCUT2D eigenvalue weighted by molar-refractivity contribution is -0.126. The molecule has 2 saturated heterocycles. The number of hydrogen-bond donors (Lipinski definition) is 1. The number of rotatable bonds is 8. The van der Waals surface area contributed by atoms with Gasteiger partial charge in [0.25, 0.3) is 0 Å². The Morgan fingerprint density at radius 3 is 2.42 bits per heavy atom. The predicted molar refractivity (Wildman–Crippen MR) is 137 cm³/mol. The van der Waals surface area contributed by atoms with Crippen molar-refractivity contribution in [2.75, 3.05) is 39.4 Å². The Labute approximate surface area is 212 Å². The molecule has 3 aromatic rings. The summed E-state index contributed by atoms with van der Waals surface area (Å²) in [5.74, 6) is 1.44. The van der Waals surface area contributed by atoms with E-state index >= 15 is 0 Å². The number of hydrogen-bond acceptors (Lipinski definition) is 7. The van der Waals surface area contributed by atoms with Crippen LogP contribution in [0.25, 0.3) is 11.4 Å². The Morgan fingerprint density at radius 2 is 1.64 bits per heavy atom. The van der Waals surface area contributed by atoms with Gasteiger partial charge in [-0.3, -0.25) is 14.6 Å². The second-order valence-electron chi connectivity index (χ2n) is 9.75. The van der Waals surface area contributed by atoms with Crippen LogP contribution in [-0.4, -0.2) is 65.2 Å². The van der Waals surface area contributed by atoms with Crippen LogP contribution >= 0.6 is 0 Å². The summed E-state index contributed by atoms with van der Waals surface area (Å²) in [5.41, 5.74) is 4.59. The second-order valence-corrected chi connectivity index (χ2v) is 9.75. The van der Waals surface area contributed by atoms with Gasteiger partial charge in [0.2, 0.25) is 17.6 Å². The van der Waals surface area contributed by atoms with Gasteiger partial charge in [-0.25, -0.2) is 0 Å². The molecule has 0 saturated carbocycles. The maximum atomic E-state index is 12.9. The van der Waals surface area contributed by atoms with Crippen molar-refractivity contribution in [2.24, 2.45) is 5.92 Å². The fraction of sp³-hybridized carbons (Fsp3) is 0.464. The van der Waals surface area contributed by atoms with E-state index in [1.807, 2.05) is 37.3 Å². The number of carbonyl (C=O) groups excluding carboxylic acids is 1. The summed E-state index contributed by atoms with van der Waals surface area (Å²) in [4.78, 5) is 22.2. The largest absolute Gasteiger partial charge is 0.379 e. The second kappa shape index (κ2) is 11.8. The van der Waals surface area contributed by atoms with Gasteiger partial charge < -0.3 is 14.6 Å². The van der Waals surface area contributed by atoms with Crippen LogP contribution in [0.4, 0.5) is 0 Å². The lowest BCUT2D eigenvalue weighted by Crippen LogP contribution is -2.40. The van der Waals surface area contributed by atoms with E-state index in [2.05, 4.69) is 43.5 Å². The summed E-state index contributed by atoms with van der Waals surface area (Å²) in [6.07, 6.45) is 1.67. The average molecular weight is 490 g/mol. The molecule has 8 nitrogen and oxygen atoms in total. The van der Waals surface area contributed by atoms with Crippen LogP contribution in [0, 0.1) is 12.8 Å². The third-order valence-electron chi connectivity index (χ3n) is 7.24. The number of amides is 1. The molecule has 8 heteroatoms. The van der Waals surface area contributed by atoms with Crippen molar-refractivity contribution in [2.45, 2.75) is 39.4 Å². The van der Waals surface area contributed by atoms with Crippen molar-refractivity contribution < 1.29 is 14.1 Å². The summed E-state index contributed by atoms with van der Waals surface area (Å²) in [6, 6.07) is 16.4. The molecular formula is C28H35N5O3. The molecule has 0 bridgehead atoms. The minimum Gasteiger partial charge on any atom is -0.379 e. The highest BCUT2D eigenvalue weighted by atomic mass is 16.5. The molecule has 0 atom stereocenters. The Morgan fingerprint density at radius 1 is 0.944 bits per heavy atom. The molecule has 1 aromatic heterocycles. The van der Waals surface area contributed by atoms with Gasteiger partial charge in [0.1, 0.15) is 0 Å². The number of nitrogens with one attached hydrogen (secondary N) is 1. The molecule has 0 unspecified atom stereocenters. The van der Waals surface area contributed by atoms with E-state index in [4.69, 9.17) is 9.26 Å². The van der Waals surface area contributed by atoms with Gasteiger partial charge in [-0.05, 0) is 49.5 Å². The highest BCUT2D eigenvalue weighted by Gasteiger charge is 2.26. The topological polar surface area (TPSA) is 83.7 Å². The van der Waals surface area contributed by atoms with Crippen molar-refractivity contribution in [3.05, 3.63) is 71.1 Å². The number of ether oxygens (including phenoxy) is 1. The molecular weight excluding hydrogens is 454 g/mol. The van der Waals surface area contributed by atoms with Crippen molar-refractivity contribution >= 4 is 5.91 Å². The van der Waals surface area contributed by atoms with Gasteiger partial charge in [-0.2, -0.15) is 4.98 Å². The zero-order valence-electron chi connectivity index (χ0n) is 21.0. The number of piperidine rings is 1. The third kappa shape index (κ3) is 6.19. The van der Waals surface area contributed by atoms with Gasteiger partial charge in [0, 0.05) is 37.7 Å². The number of morpholine rings is 1. The summed E-state index contributed by atoms with van der Waals surface area (Å²) in [7, 11) is 0. The smallest absolute Gasteiger partial charge is 0.241 e. The lowest BCUT2D eigenvalue weighted by atomic mass is 9.95. The van der Waals surface area contributed by atoms with Crippen LogP contribution in [0.5, 0.6) is 0 Å². The van der Waals surface area contributed by atoms with E-state index in [-0.39, 0.29) is 11.8 Å². The van der Waals surface area contributed by atoms with Crippen LogP contribution in [0.15, 0.2) is 53.1 Å². The standard InChI is InChI=1S/C28H35N5O3/c1-21-6-2-5-9-25(21)27-30-26(36-31-27)20-32-12-10-22(11-13-32)28(34)29-18-23-7-3-4-8-24(23)19-33-14-16-35-17-15-33/h2-9,22H,10-20H2,1H3,(H,29,34). The summed E-state index contributed by atoms with van der Waals surface area (Å²) in [6.45, 7) is 9.30. The summed E-state index contributed by atoms with van der Waals surface area (Å²) >= 11 is 0. The van der Waals surface area contributed by atoms with Crippen molar-refractivity contribution in [3.8, 4) is 11.4 Å². The first-order valence-corrected chi connectivity index (χ1v) is 12.9. The number of likely N-dealkylation sites (tertiary alicyclic amines) is 1. The fourth-order valence-electron chi connectivity index (χ4n) is 5.01. The predicted octanol–water partition coefficient (Wildman–Crippen LogP) is 3.41. The molecule has 0 spiro atoms. The minimum absolute atomic E-state index is 0.0397. The first-order chi connectivity index (χ1) is 17.7. The number of aryl methyl sites for hydroxylation is 1. The average Bonchev–Trinajstić information content (AvgIpc) is 3.37. The maximum Gasteiger partial charge on any atom is 0.241 e. The maximum absolute atomic E-state index is 12.9. The molecule has 36 heavy (non-hydrogen) atoms. The molecule has 0 radical (unpaired) electrons. The van der Waals surface area contributed by atoms with Crippen molar-refractivity contribution in [1.82, 2.24) is 25.3 Å². The van der Waals surface area contributed by atoms with Gasteiger partial charge >= 0.3 is 0 Å². The summed E-state index contributed by atoms with van der Waals surface area (Å²) < 4.78 is 11.0. The first kappa shape index (κ1) is 24.6. The monoisotopic (exact) mass is 489 g/mol. The van der Waals surface area contributed by atoms with Crippen LogP contribution in [0.2, 0.25) is 0 Å². The molecule has 1 N–H and O–H groups in total. The van der Waals surface area contributed by atoms with E-state index in [9.17, 15) is 4.79 Å². The van der Waals surface area contributed by atoms with Crippen LogP contribution in [-0.2, 0) is 29.2 Å². The van der Waals surface area contributed by atoms with Crippen molar-refractivity contribution in [3.63, 3.8) is 0 Å². The lowest BCUT2D eigenvalue weighted by Gasteiger charge is -2.30. The van der Waals surface area contributed by atoms with Gasteiger partial charge in [-0.15, -0.1) is 0 Å². The molecule has 2 fully saturated rings. The molecule has 3 heterocycles. The molecule has 5 rings (SSSR count). The fourth-order valence-corrected chi connectivity index (χ4v) is 5.01. The molecule has 2 aliphatic rings. The van der Waals surface area contributed by atoms with E-state index in [0.29, 0.717) is 24.8 Å². The SMILES string of the molecule is Cc1ccccc1-c1noc(CN2CCC(C(=O)NCc3ccccc3CN3CCOCC3)CC2)n1. The Balaban J connectivity index is 1.09. The number of nitrogens with zero attached hydrogens (tertiary/aromatic N) is 4. The third-order valence-corrected chi connectivity index (χ3v) is 7.24. The highest BCUT2D eigenvalue weighted by molar-refractivity contribution is 5.78. The van der Waals surface area contributed by atoms with Crippen LogP contribution in [0.1, 0.15) is 35.4 Å². The van der Waals surface area contributed by atoms with Crippen LogP contribution in [0.3, 0.4) is 0 Å². The Kier molecular flexibility index (Phi) is 8.05. The van der Waals surface area contributed by atoms with Gasteiger partial charge in [-0.1, -0.05) is 53.7 Å². The first-order valence-electron chi connectivity index (χ1n) is 12.9. The van der Waals surface area contributed by atoms with E-state index < -0.39 is 0 Å². The quantitative estimate of drug-likeness (QED) is 0.519. The molecule has 2 aromatic carbocycles. The van der Waals surface area contributed by atoms with Gasteiger partial charge in [0.15, 0.2) is 0 Å². The Hall–Kier alpha value is -3.07. The molecule has 190 valence electrons. The minimum atomic E-state index is 0.0397. The van der Waals surface area contributed by atoms with Gasteiger partial charge in [0.05, 0.1) is 19.8 Å².